The Morgan fingerprint density at radius 1 is 0.733 bits per heavy atom. The lowest BCUT2D eigenvalue weighted by molar-refractivity contribution is 0.318. The maximum absolute atomic E-state index is 8.68. The van der Waals surface area contributed by atoms with Crippen LogP contribution in [-0.2, 0) is 0 Å². The molecule has 3 aromatic carbocycles. The minimum absolute atomic E-state index is 0.0397. The number of hydrogen-bond acceptors (Lipinski definition) is 7. The van der Waals surface area contributed by atoms with Gasteiger partial charge in [0.2, 0.25) is 0 Å². The minimum atomic E-state index is 0.0397. The van der Waals surface area contributed by atoms with Gasteiger partial charge in [-0.25, -0.2) is 0 Å². The highest BCUT2D eigenvalue weighted by Crippen LogP contribution is 2.22. The van der Waals surface area contributed by atoms with E-state index in [0.29, 0.717) is 22.6 Å². The van der Waals surface area contributed by atoms with Gasteiger partial charge in [-0.1, -0.05) is 10.3 Å². The molecule has 9 heteroatoms. The number of benzene rings is 3. The first kappa shape index (κ1) is 20.2. The van der Waals surface area contributed by atoms with Crippen LogP contribution in [0.2, 0.25) is 0 Å². The average Bonchev–Trinajstić information content (AvgIpc) is 2.80. The smallest absolute Gasteiger partial charge is 0.170 e. The van der Waals surface area contributed by atoms with Crippen LogP contribution in [0.15, 0.2) is 88.2 Å². The Balaban J connectivity index is 1.56. The summed E-state index contributed by atoms with van der Waals surface area (Å²) in [5.41, 5.74) is 16.8. The Kier molecular flexibility index (Phi) is 6.47. The molecule has 0 amide bonds. The van der Waals surface area contributed by atoms with E-state index in [1.54, 1.807) is 54.7 Å². The lowest BCUT2D eigenvalue weighted by atomic mass is 10.2. The van der Waals surface area contributed by atoms with Crippen LogP contribution in [-0.4, -0.2) is 28.3 Å². The molecule has 0 aliphatic heterocycles. The Morgan fingerprint density at radius 3 is 1.70 bits per heavy atom. The Labute approximate surface area is 172 Å². The molecule has 0 heterocycles. The van der Waals surface area contributed by atoms with E-state index in [1.807, 2.05) is 24.3 Å². The third-order valence-electron chi connectivity index (χ3n) is 4.07. The van der Waals surface area contributed by atoms with Gasteiger partial charge in [0.05, 0.1) is 11.9 Å². The maximum atomic E-state index is 8.68. The quantitative estimate of drug-likeness (QED) is 0.177. The van der Waals surface area contributed by atoms with E-state index in [2.05, 4.69) is 20.8 Å². The van der Waals surface area contributed by atoms with E-state index >= 15 is 0 Å². The van der Waals surface area contributed by atoms with Crippen LogP contribution in [0.3, 0.4) is 0 Å². The molecule has 0 saturated heterocycles. The predicted octanol–water partition coefficient (Wildman–Crippen LogP) is 3.11. The van der Waals surface area contributed by atoms with E-state index < -0.39 is 0 Å². The number of hydrogen-bond donors (Lipinski definition) is 5. The van der Waals surface area contributed by atoms with Crippen LogP contribution >= 0.6 is 0 Å². The topological polar surface area (TPSA) is 151 Å². The molecule has 0 atom stereocenters. The molecular weight excluding hydrogens is 384 g/mol. The SMILES string of the molecule is N/C(=N\O)c1ccc(N/N=C\c2ccc(Oc3ccc(/C(N)=N/O)cc3)cc2)cc1. The summed E-state index contributed by atoms with van der Waals surface area (Å²) in [4.78, 5) is 0. The van der Waals surface area contributed by atoms with Crippen molar-refractivity contribution in [2.24, 2.45) is 26.9 Å². The molecule has 3 aromatic rings. The molecule has 3 rings (SSSR count). The number of amidine groups is 2. The fourth-order valence-electron chi connectivity index (χ4n) is 2.46. The van der Waals surface area contributed by atoms with Crippen LogP contribution in [0.1, 0.15) is 16.7 Å². The zero-order valence-corrected chi connectivity index (χ0v) is 15.8. The number of anilines is 1. The lowest BCUT2D eigenvalue weighted by Gasteiger charge is -2.07. The summed E-state index contributed by atoms with van der Waals surface area (Å²) < 4.78 is 5.77. The highest BCUT2D eigenvalue weighted by Gasteiger charge is 2.02. The first-order valence-electron chi connectivity index (χ1n) is 8.82. The molecule has 0 aliphatic rings. The molecule has 0 bridgehead atoms. The number of ether oxygens (including phenoxy) is 1. The normalized spacial score (nSPS) is 12.1. The molecule has 0 unspecified atom stereocenters. The fraction of sp³-hybridized carbons (Fsp3) is 0. The van der Waals surface area contributed by atoms with Gasteiger partial charge in [0.25, 0.3) is 0 Å². The van der Waals surface area contributed by atoms with E-state index in [-0.39, 0.29) is 11.7 Å². The second-order valence-corrected chi connectivity index (χ2v) is 6.11. The number of hydrazone groups is 1. The molecule has 0 radical (unpaired) electrons. The van der Waals surface area contributed by atoms with Crippen LogP contribution < -0.4 is 21.6 Å². The minimum Gasteiger partial charge on any atom is -0.457 e. The Morgan fingerprint density at radius 2 is 1.20 bits per heavy atom. The van der Waals surface area contributed by atoms with Crippen LogP contribution in [0.4, 0.5) is 5.69 Å². The van der Waals surface area contributed by atoms with Crippen molar-refractivity contribution in [2.75, 3.05) is 5.43 Å². The van der Waals surface area contributed by atoms with Crippen LogP contribution in [0, 0.1) is 0 Å². The molecule has 0 saturated carbocycles. The summed E-state index contributed by atoms with van der Waals surface area (Å²) in [5.74, 6) is 1.38. The largest absolute Gasteiger partial charge is 0.457 e. The number of oxime groups is 2. The van der Waals surface area contributed by atoms with E-state index in [4.69, 9.17) is 26.6 Å². The first-order valence-corrected chi connectivity index (χ1v) is 8.82. The summed E-state index contributed by atoms with van der Waals surface area (Å²) >= 11 is 0. The predicted molar refractivity (Wildman–Crippen MR) is 116 cm³/mol. The van der Waals surface area contributed by atoms with Gasteiger partial charge in [-0.05, 0) is 78.4 Å². The third kappa shape index (κ3) is 5.26. The highest BCUT2D eigenvalue weighted by atomic mass is 16.5. The van der Waals surface area contributed by atoms with Crippen molar-refractivity contribution in [1.29, 1.82) is 0 Å². The number of nitrogens with two attached hydrogens (primary N) is 2. The van der Waals surface area contributed by atoms with Crippen molar-refractivity contribution >= 4 is 23.6 Å². The van der Waals surface area contributed by atoms with Gasteiger partial charge in [0.1, 0.15) is 11.5 Å². The van der Waals surface area contributed by atoms with Crippen molar-refractivity contribution in [1.82, 2.24) is 0 Å². The van der Waals surface area contributed by atoms with E-state index in [9.17, 15) is 0 Å². The maximum Gasteiger partial charge on any atom is 0.170 e. The lowest BCUT2D eigenvalue weighted by Crippen LogP contribution is -2.12. The van der Waals surface area contributed by atoms with Gasteiger partial charge in [0.15, 0.2) is 11.7 Å². The number of rotatable bonds is 7. The zero-order chi connectivity index (χ0) is 21.3. The fourth-order valence-corrected chi connectivity index (χ4v) is 2.46. The van der Waals surface area contributed by atoms with Gasteiger partial charge in [-0.3, -0.25) is 5.43 Å². The van der Waals surface area contributed by atoms with Crippen molar-refractivity contribution in [3.8, 4) is 11.5 Å². The van der Waals surface area contributed by atoms with Crippen molar-refractivity contribution in [3.63, 3.8) is 0 Å². The third-order valence-corrected chi connectivity index (χ3v) is 4.07. The van der Waals surface area contributed by atoms with Gasteiger partial charge in [0, 0.05) is 11.1 Å². The first-order chi connectivity index (χ1) is 14.6. The number of nitrogens with zero attached hydrogens (tertiary/aromatic N) is 3. The molecule has 0 aliphatic carbocycles. The van der Waals surface area contributed by atoms with E-state index in [1.165, 1.54) is 0 Å². The molecular formula is C21H20N6O3. The van der Waals surface area contributed by atoms with Gasteiger partial charge < -0.3 is 26.6 Å². The molecule has 0 spiro atoms. The summed E-state index contributed by atoms with van der Waals surface area (Å²) in [6.45, 7) is 0. The zero-order valence-electron chi connectivity index (χ0n) is 15.8. The molecule has 0 fully saturated rings. The summed E-state index contributed by atoms with van der Waals surface area (Å²) in [7, 11) is 0. The summed E-state index contributed by atoms with van der Waals surface area (Å²) in [6.07, 6.45) is 1.67. The second kappa shape index (κ2) is 9.60. The van der Waals surface area contributed by atoms with Crippen molar-refractivity contribution < 1.29 is 15.2 Å². The van der Waals surface area contributed by atoms with Gasteiger partial charge in [-0.15, -0.1) is 0 Å². The molecule has 0 aromatic heterocycles. The molecule has 7 N–H and O–H groups in total. The number of nitrogens with one attached hydrogen (secondary N) is 1. The molecule has 30 heavy (non-hydrogen) atoms. The van der Waals surface area contributed by atoms with E-state index in [0.717, 1.165) is 11.3 Å². The monoisotopic (exact) mass is 404 g/mol. The molecule has 9 nitrogen and oxygen atoms in total. The van der Waals surface area contributed by atoms with Crippen molar-refractivity contribution in [2.45, 2.75) is 0 Å². The average molecular weight is 404 g/mol. The Hall–Kier alpha value is -4.53. The Bertz CT molecular complexity index is 1060. The van der Waals surface area contributed by atoms with Gasteiger partial charge >= 0.3 is 0 Å². The summed E-state index contributed by atoms with van der Waals surface area (Å²) in [6, 6.07) is 21.2. The second-order valence-electron chi connectivity index (χ2n) is 6.11. The van der Waals surface area contributed by atoms with Crippen molar-refractivity contribution in [3.05, 3.63) is 89.5 Å². The van der Waals surface area contributed by atoms with Crippen LogP contribution in [0.5, 0.6) is 11.5 Å². The standard InChI is InChI=1S/C21H20N6O3/c22-20(26-28)15-3-7-17(8-4-15)25-24-13-14-1-9-18(10-2-14)30-19-11-5-16(6-12-19)21(23)27-29/h1-13,25,28-29H,(H2,22,26)(H2,23,27)/b24-13-. The molecule has 152 valence electrons. The van der Waals surface area contributed by atoms with Crippen LogP contribution in [0.25, 0.3) is 0 Å². The highest BCUT2D eigenvalue weighted by molar-refractivity contribution is 5.97. The van der Waals surface area contributed by atoms with Gasteiger partial charge in [-0.2, -0.15) is 5.10 Å². The summed E-state index contributed by atoms with van der Waals surface area (Å²) in [5, 5.41) is 27.4.